The van der Waals surface area contributed by atoms with E-state index in [-0.39, 0.29) is 0 Å². The number of hydrogen-bond acceptors (Lipinski definition) is 4. The van der Waals surface area contributed by atoms with Gasteiger partial charge in [0.1, 0.15) is 5.75 Å². The molecule has 0 fully saturated rings. The maximum atomic E-state index is 5.60. The van der Waals surface area contributed by atoms with Crippen LogP contribution in [0.2, 0.25) is 0 Å². The molecule has 0 unspecified atom stereocenters. The van der Waals surface area contributed by atoms with Gasteiger partial charge in [0.05, 0.1) is 7.11 Å². The molecular weight excluding hydrogens is 288 g/mol. The van der Waals surface area contributed by atoms with Gasteiger partial charge in [-0.1, -0.05) is 15.9 Å². The predicted molar refractivity (Wildman–Crippen MR) is 70.0 cm³/mol. The summed E-state index contributed by atoms with van der Waals surface area (Å²) in [4.78, 5) is 5.17. The zero-order valence-electron chi connectivity index (χ0n) is 8.74. The number of nitrogens with zero attached hydrogens (tertiary/aromatic N) is 1. The minimum Gasteiger partial charge on any atom is -0.496 e. The number of halogens is 1. The fourth-order valence-corrected chi connectivity index (χ4v) is 2.59. The molecule has 2 rings (SSSR count). The van der Waals surface area contributed by atoms with Gasteiger partial charge in [-0.25, -0.2) is 4.98 Å². The van der Waals surface area contributed by atoms with Crippen molar-refractivity contribution in [3.8, 4) is 5.75 Å². The Bertz CT molecular complexity index is 498. The van der Waals surface area contributed by atoms with Crippen LogP contribution >= 0.6 is 27.3 Å². The molecule has 3 nitrogen and oxygen atoms in total. The highest BCUT2D eigenvalue weighted by atomic mass is 79.9. The second-order valence-electron chi connectivity index (χ2n) is 3.30. The van der Waals surface area contributed by atoms with Gasteiger partial charge in [-0.2, -0.15) is 0 Å². The summed E-state index contributed by atoms with van der Waals surface area (Å²) in [6.07, 6.45) is 2.60. The Morgan fingerprint density at radius 3 is 2.94 bits per heavy atom. The van der Waals surface area contributed by atoms with E-state index < -0.39 is 0 Å². The van der Waals surface area contributed by atoms with Gasteiger partial charge in [0.15, 0.2) is 5.13 Å². The van der Waals surface area contributed by atoms with Crippen molar-refractivity contribution in [2.75, 3.05) is 12.8 Å². The average molecular weight is 299 g/mol. The van der Waals surface area contributed by atoms with Crippen molar-refractivity contribution in [2.24, 2.45) is 0 Å². The van der Waals surface area contributed by atoms with Crippen molar-refractivity contribution in [3.63, 3.8) is 0 Å². The first kappa shape index (κ1) is 11.4. The van der Waals surface area contributed by atoms with Gasteiger partial charge in [-0.3, -0.25) is 0 Å². The first-order valence-corrected chi connectivity index (χ1v) is 6.32. The molecule has 0 aliphatic carbocycles. The monoisotopic (exact) mass is 298 g/mol. The summed E-state index contributed by atoms with van der Waals surface area (Å²) in [6.45, 7) is 0. The zero-order valence-corrected chi connectivity index (χ0v) is 11.1. The smallest absolute Gasteiger partial charge is 0.180 e. The van der Waals surface area contributed by atoms with Gasteiger partial charge in [0.2, 0.25) is 0 Å². The number of benzene rings is 1. The number of thiazole rings is 1. The largest absolute Gasteiger partial charge is 0.496 e. The molecule has 1 aromatic heterocycles. The number of methoxy groups -OCH3 is 1. The zero-order chi connectivity index (χ0) is 11.5. The molecule has 0 amide bonds. The van der Waals surface area contributed by atoms with E-state index in [4.69, 9.17) is 10.5 Å². The fraction of sp³-hybridized carbons (Fsp3) is 0.182. The van der Waals surface area contributed by atoms with E-state index in [0.717, 1.165) is 27.1 Å². The lowest BCUT2D eigenvalue weighted by Crippen LogP contribution is -1.92. The van der Waals surface area contributed by atoms with Crippen LogP contribution in [0.3, 0.4) is 0 Å². The molecule has 16 heavy (non-hydrogen) atoms. The van der Waals surface area contributed by atoms with Crippen LogP contribution in [0.25, 0.3) is 0 Å². The van der Waals surface area contributed by atoms with Gasteiger partial charge in [0, 0.05) is 27.5 Å². The second-order valence-corrected chi connectivity index (χ2v) is 5.36. The fourth-order valence-electron chi connectivity index (χ4n) is 1.48. The minimum absolute atomic E-state index is 0.601. The van der Waals surface area contributed by atoms with Crippen LogP contribution in [-0.4, -0.2) is 12.1 Å². The molecule has 0 saturated heterocycles. The summed E-state index contributed by atoms with van der Waals surface area (Å²) in [7, 11) is 1.67. The van der Waals surface area contributed by atoms with Crippen LogP contribution < -0.4 is 10.5 Å². The van der Waals surface area contributed by atoms with E-state index in [2.05, 4.69) is 27.0 Å². The summed E-state index contributed by atoms with van der Waals surface area (Å²) >= 11 is 4.96. The second kappa shape index (κ2) is 4.84. The topological polar surface area (TPSA) is 48.1 Å². The third kappa shape index (κ3) is 2.54. The molecule has 0 aliphatic heterocycles. The molecule has 1 aromatic carbocycles. The lowest BCUT2D eigenvalue weighted by Gasteiger charge is -2.07. The Morgan fingerprint density at radius 2 is 2.31 bits per heavy atom. The van der Waals surface area contributed by atoms with Crippen molar-refractivity contribution < 1.29 is 4.74 Å². The van der Waals surface area contributed by atoms with Crippen LogP contribution in [0, 0.1) is 0 Å². The van der Waals surface area contributed by atoms with Crippen molar-refractivity contribution in [1.82, 2.24) is 4.98 Å². The molecule has 2 N–H and O–H groups in total. The number of nitrogens with two attached hydrogens (primary N) is 1. The molecule has 2 aromatic rings. The highest BCUT2D eigenvalue weighted by Crippen LogP contribution is 2.27. The average Bonchev–Trinajstić information content (AvgIpc) is 2.64. The number of nitrogen functional groups attached to an aromatic ring is 1. The highest BCUT2D eigenvalue weighted by molar-refractivity contribution is 9.10. The number of rotatable bonds is 3. The SMILES string of the molecule is COc1ccc(Br)cc1Cc1cnc(N)s1. The lowest BCUT2D eigenvalue weighted by atomic mass is 10.1. The molecule has 0 radical (unpaired) electrons. The Kier molecular flexibility index (Phi) is 3.46. The van der Waals surface area contributed by atoms with Crippen LogP contribution in [0.5, 0.6) is 5.75 Å². The molecule has 0 saturated carbocycles. The molecule has 0 atom stereocenters. The predicted octanol–water partition coefficient (Wildman–Crippen LogP) is 3.09. The molecule has 0 aliphatic rings. The number of hydrogen-bond donors (Lipinski definition) is 1. The maximum Gasteiger partial charge on any atom is 0.180 e. The summed E-state index contributed by atoms with van der Waals surface area (Å²) in [5.41, 5.74) is 6.73. The Balaban J connectivity index is 2.29. The third-order valence-electron chi connectivity index (χ3n) is 2.18. The minimum atomic E-state index is 0.601. The molecule has 1 heterocycles. The van der Waals surface area contributed by atoms with Crippen LogP contribution in [0.15, 0.2) is 28.9 Å². The molecule has 0 bridgehead atoms. The normalized spacial score (nSPS) is 10.4. The van der Waals surface area contributed by atoms with E-state index in [1.807, 2.05) is 12.1 Å². The summed E-state index contributed by atoms with van der Waals surface area (Å²) in [5.74, 6) is 0.884. The van der Waals surface area contributed by atoms with Crippen molar-refractivity contribution in [1.29, 1.82) is 0 Å². The van der Waals surface area contributed by atoms with E-state index >= 15 is 0 Å². The van der Waals surface area contributed by atoms with E-state index in [1.165, 1.54) is 11.3 Å². The number of ether oxygens (including phenoxy) is 1. The Morgan fingerprint density at radius 1 is 1.50 bits per heavy atom. The molecule has 5 heteroatoms. The maximum absolute atomic E-state index is 5.60. The molecular formula is C11H11BrN2OS. The third-order valence-corrected chi connectivity index (χ3v) is 3.50. The van der Waals surface area contributed by atoms with Gasteiger partial charge in [-0.05, 0) is 18.2 Å². The van der Waals surface area contributed by atoms with Gasteiger partial charge >= 0.3 is 0 Å². The van der Waals surface area contributed by atoms with E-state index in [9.17, 15) is 0 Å². The van der Waals surface area contributed by atoms with Gasteiger partial charge in [0.25, 0.3) is 0 Å². The number of anilines is 1. The molecule has 0 spiro atoms. The number of aromatic nitrogens is 1. The van der Waals surface area contributed by atoms with E-state index in [0.29, 0.717) is 5.13 Å². The highest BCUT2D eigenvalue weighted by Gasteiger charge is 2.07. The summed E-state index contributed by atoms with van der Waals surface area (Å²) in [6, 6.07) is 5.96. The first-order chi connectivity index (χ1) is 7.69. The van der Waals surface area contributed by atoms with Crippen LogP contribution in [-0.2, 0) is 6.42 Å². The van der Waals surface area contributed by atoms with Crippen LogP contribution in [0.4, 0.5) is 5.13 Å². The van der Waals surface area contributed by atoms with E-state index in [1.54, 1.807) is 13.3 Å². The summed E-state index contributed by atoms with van der Waals surface area (Å²) in [5, 5.41) is 0.601. The molecule has 84 valence electrons. The van der Waals surface area contributed by atoms with Gasteiger partial charge in [-0.15, -0.1) is 11.3 Å². The van der Waals surface area contributed by atoms with Crippen molar-refractivity contribution in [2.45, 2.75) is 6.42 Å². The Labute approximate surface area is 106 Å². The quantitative estimate of drug-likeness (QED) is 0.947. The van der Waals surface area contributed by atoms with Crippen molar-refractivity contribution >= 4 is 32.4 Å². The van der Waals surface area contributed by atoms with Crippen LogP contribution in [0.1, 0.15) is 10.4 Å². The summed E-state index contributed by atoms with van der Waals surface area (Å²) < 4.78 is 6.35. The van der Waals surface area contributed by atoms with Gasteiger partial charge < -0.3 is 10.5 Å². The standard InChI is InChI=1S/C11H11BrN2OS/c1-15-10-3-2-8(12)4-7(10)5-9-6-14-11(13)16-9/h2-4,6H,5H2,1H3,(H2,13,14). The lowest BCUT2D eigenvalue weighted by molar-refractivity contribution is 0.410. The first-order valence-electron chi connectivity index (χ1n) is 4.71. The Hall–Kier alpha value is -1.07. The van der Waals surface area contributed by atoms with Crippen molar-refractivity contribution in [3.05, 3.63) is 39.3 Å².